The van der Waals surface area contributed by atoms with Crippen LogP contribution in [0.4, 0.5) is 0 Å². The zero-order valence-corrected chi connectivity index (χ0v) is 11.5. The molecule has 0 N–H and O–H groups in total. The number of aromatic nitrogens is 2. The topological polar surface area (TPSA) is 53.5 Å². The van der Waals surface area contributed by atoms with Crippen molar-refractivity contribution in [1.82, 2.24) is 9.97 Å². The molecule has 0 aromatic carbocycles. The molecule has 2 saturated heterocycles. The van der Waals surface area contributed by atoms with Gasteiger partial charge in [0.15, 0.2) is 0 Å². The minimum atomic E-state index is -0.380. The summed E-state index contributed by atoms with van der Waals surface area (Å²) in [4.78, 5) is 8.90. The Balaban J connectivity index is 1.66. The summed E-state index contributed by atoms with van der Waals surface area (Å²) in [5, 5.41) is 0. The Morgan fingerprint density at radius 2 is 2.00 bits per heavy atom. The van der Waals surface area contributed by atoms with Crippen molar-refractivity contribution in [2.24, 2.45) is 5.41 Å². The fourth-order valence-corrected chi connectivity index (χ4v) is 2.31. The van der Waals surface area contributed by atoms with E-state index in [4.69, 9.17) is 14.0 Å². The first-order valence-electron chi connectivity index (χ1n) is 6.77. The van der Waals surface area contributed by atoms with Gasteiger partial charge in [-0.05, 0) is 6.42 Å². The number of nitrogens with zero attached hydrogens (tertiary/aromatic N) is 2. The number of hydrogen-bond acceptors (Lipinski definition) is 5. The molecular formula is C13H19BN2O3. The molecule has 0 bridgehead atoms. The lowest BCUT2D eigenvalue weighted by Crippen LogP contribution is -2.48. The van der Waals surface area contributed by atoms with Crippen LogP contribution in [0.2, 0.25) is 0 Å². The van der Waals surface area contributed by atoms with Crippen LogP contribution in [0, 0.1) is 5.41 Å². The first kappa shape index (κ1) is 13.0. The Morgan fingerprint density at radius 1 is 1.21 bits per heavy atom. The van der Waals surface area contributed by atoms with Gasteiger partial charge in [0.1, 0.15) is 0 Å². The third-order valence-electron chi connectivity index (χ3n) is 3.53. The van der Waals surface area contributed by atoms with Crippen LogP contribution in [0.3, 0.4) is 0 Å². The summed E-state index contributed by atoms with van der Waals surface area (Å²) >= 11 is 0. The molecule has 2 aliphatic heterocycles. The third kappa shape index (κ3) is 2.96. The fourth-order valence-electron chi connectivity index (χ4n) is 2.31. The van der Waals surface area contributed by atoms with Gasteiger partial charge >= 0.3 is 7.12 Å². The van der Waals surface area contributed by atoms with E-state index in [1.54, 1.807) is 6.20 Å². The molecule has 6 heteroatoms. The van der Waals surface area contributed by atoms with Gasteiger partial charge in [-0.25, -0.2) is 0 Å². The van der Waals surface area contributed by atoms with Crippen molar-refractivity contribution in [2.75, 3.05) is 26.4 Å². The van der Waals surface area contributed by atoms with E-state index in [0.717, 1.165) is 30.9 Å². The maximum absolute atomic E-state index is 5.70. The van der Waals surface area contributed by atoms with Gasteiger partial charge in [-0.1, -0.05) is 13.8 Å². The van der Waals surface area contributed by atoms with Crippen molar-refractivity contribution >= 4 is 12.7 Å². The van der Waals surface area contributed by atoms with E-state index >= 15 is 0 Å². The zero-order chi connectivity index (χ0) is 13.3. The van der Waals surface area contributed by atoms with Gasteiger partial charge in [-0.3, -0.25) is 9.97 Å². The first-order chi connectivity index (χ1) is 9.14. The predicted octanol–water partition coefficient (Wildman–Crippen LogP) is 0.749. The highest BCUT2D eigenvalue weighted by molar-refractivity contribution is 6.60. The number of hydrogen-bond donors (Lipinski definition) is 0. The van der Waals surface area contributed by atoms with E-state index in [1.807, 2.05) is 6.20 Å². The normalized spacial score (nSPS) is 26.6. The Morgan fingerprint density at radius 3 is 2.58 bits per heavy atom. The van der Waals surface area contributed by atoms with Gasteiger partial charge in [0.2, 0.25) is 0 Å². The monoisotopic (exact) mass is 262 g/mol. The molecule has 2 aliphatic rings. The van der Waals surface area contributed by atoms with Gasteiger partial charge in [0.25, 0.3) is 0 Å². The maximum atomic E-state index is 5.70. The summed E-state index contributed by atoms with van der Waals surface area (Å²) in [7, 11) is -0.380. The van der Waals surface area contributed by atoms with E-state index < -0.39 is 0 Å². The SMILES string of the molecule is CC1(C)COB(c2cnc(C3CCOC3)cn2)OC1. The van der Waals surface area contributed by atoms with Crippen molar-refractivity contribution in [2.45, 2.75) is 26.2 Å². The Kier molecular flexibility index (Phi) is 3.56. The molecule has 1 aromatic rings. The highest BCUT2D eigenvalue weighted by Crippen LogP contribution is 2.23. The van der Waals surface area contributed by atoms with Gasteiger partial charge < -0.3 is 14.0 Å². The van der Waals surface area contributed by atoms with Crippen molar-refractivity contribution in [3.63, 3.8) is 0 Å². The lowest BCUT2D eigenvalue weighted by molar-refractivity contribution is 0.0339. The second-order valence-electron chi connectivity index (χ2n) is 6.04. The van der Waals surface area contributed by atoms with Crippen LogP contribution in [0.25, 0.3) is 0 Å². The lowest BCUT2D eigenvalue weighted by atomic mass is 9.80. The average Bonchev–Trinajstić information content (AvgIpc) is 2.93. The molecule has 2 fully saturated rings. The zero-order valence-electron chi connectivity index (χ0n) is 11.5. The smallest absolute Gasteiger partial charge is 0.406 e. The standard InChI is InChI=1S/C13H19BN2O3/c1-13(2)8-18-14(19-9-13)12-6-15-11(5-16-12)10-3-4-17-7-10/h5-6,10H,3-4,7-9H2,1-2H3. The van der Waals surface area contributed by atoms with E-state index in [9.17, 15) is 0 Å². The second-order valence-corrected chi connectivity index (χ2v) is 6.04. The Hall–Kier alpha value is -0.975. The molecule has 0 saturated carbocycles. The van der Waals surface area contributed by atoms with E-state index in [-0.39, 0.29) is 12.5 Å². The lowest BCUT2D eigenvalue weighted by Gasteiger charge is -2.32. The van der Waals surface area contributed by atoms with Crippen LogP contribution in [0.1, 0.15) is 31.9 Å². The van der Waals surface area contributed by atoms with Crippen LogP contribution in [0.5, 0.6) is 0 Å². The molecule has 0 spiro atoms. The molecule has 1 atom stereocenters. The summed E-state index contributed by atoms with van der Waals surface area (Å²) < 4.78 is 16.8. The quantitative estimate of drug-likeness (QED) is 0.736. The third-order valence-corrected chi connectivity index (χ3v) is 3.53. The summed E-state index contributed by atoms with van der Waals surface area (Å²) in [6.07, 6.45) is 4.61. The molecule has 3 rings (SSSR count). The van der Waals surface area contributed by atoms with Gasteiger partial charge in [0.05, 0.1) is 17.9 Å². The van der Waals surface area contributed by atoms with E-state index in [1.165, 1.54) is 0 Å². The highest BCUT2D eigenvalue weighted by Gasteiger charge is 2.34. The van der Waals surface area contributed by atoms with Gasteiger partial charge in [-0.2, -0.15) is 0 Å². The molecule has 1 aromatic heterocycles. The van der Waals surface area contributed by atoms with Crippen LogP contribution in [0.15, 0.2) is 12.4 Å². The Bertz CT molecular complexity index is 422. The summed E-state index contributed by atoms with van der Waals surface area (Å²) in [5.74, 6) is 0.383. The van der Waals surface area contributed by atoms with Gasteiger partial charge in [-0.15, -0.1) is 0 Å². The first-order valence-corrected chi connectivity index (χ1v) is 6.77. The van der Waals surface area contributed by atoms with Crippen molar-refractivity contribution in [3.05, 3.63) is 18.1 Å². The molecule has 3 heterocycles. The molecule has 0 aliphatic carbocycles. The average molecular weight is 262 g/mol. The highest BCUT2D eigenvalue weighted by atomic mass is 16.6. The summed E-state index contributed by atoms with van der Waals surface area (Å²) in [6.45, 7) is 7.17. The van der Waals surface area contributed by atoms with Crippen LogP contribution in [-0.4, -0.2) is 43.5 Å². The fraction of sp³-hybridized carbons (Fsp3) is 0.692. The molecule has 102 valence electrons. The van der Waals surface area contributed by atoms with Crippen molar-refractivity contribution in [3.8, 4) is 0 Å². The maximum Gasteiger partial charge on any atom is 0.515 e. The molecule has 0 amide bonds. The summed E-state index contributed by atoms with van der Waals surface area (Å²) in [6, 6.07) is 0. The molecule has 19 heavy (non-hydrogen) atoms. The largest absolute Gasteiger partial charge is 0.515 e. The molecular weight excluding hydrogens is 243 g/mol. The minimum absolute atomic E-state index is 0.0745. The van der Waals surface area contributed by atoms with E-state index in [2.05, 4.69) is 23.8 Å². The summed E-state index contributed by atoms with van der Waals surface area (Å²) in [5.41, 5.74) is 1.82. The second kappa shape index (κ2) is 5.19. The van der Waals surface area contributed by atoms with E-state index in [0.29, 0.717) is 19.1 Å². The van der Waals surface area contributed by atoms with Crippen LogP contribution < -0.4 is 5.59 Å². The predicted molar refractivity (Wildman–Crippen MR) is 71.3 cm³/mol. The van der Waals surface area contributed by atoms with Crippen LogP contribution in [-0.2, 0) is 14.0 Å². The minimum Gasteiger partial charge on any atom is -0.406 e. The molecule has 1 unspecified atom stereocenters. The number of rotatable bonds is 2. The van der Waals surface area contributed by atoms with Crippen molar-refractivity contribution < 1.29 is 14.0 Å². The van der Waals surface area contributed by atoms with Gasteiger partial charge in [0, 0.05) is 43.5 Å². The number of ether oxygens (including phenoxy) is 1. The Labute approximate surface area is 113 Å². The van der Waals surface area contributed by atoms with Crippen molar-refractivity contribution in [1.29, 1.82) is 0 Å². The molecule has 0 radical (unpaired) electrons. The van der Waals surface area contributed by atoms with Crippen LogP contribution >= 0.6 is 0 Å². The molecule has 5 nitrogen and oxygen atoms in total.